The predicted molar refractivity (Wildman–Crippen MR) is 231 cm³/mol. The molecular weight excluding hydrogens is 663 g/mol. The van der Waals surface area contributed by atoms with E-state index in [9.17, 15) is 0 Å². The van der Waals surface area contributed by atoms with Gasteiger partial charge in [-0.3, -0.25) is 0 Å². The Morgan fingerprint density at radius 2 is 0.927 bits per heavy atom. The van der Waals surface area contributed by atoms with Gasteiger partial charge in [0.05, 0.1) is 16.8 Å². The summed E-state index contributed by atoms with van der Waals surface area (Å²) in [5.41, 5.74) is 21.0. The maximum atomic E-state index is 2.57. The van der Waals surface area contributed by atoms with Gasteiger partial charge < -0.3 is 4.90 Å². The van der Waals surface area contributed by atoms with Crippen molar-refractivity contribution in [3.8, 4) is 33.4 Å². The molecule has 0 unspecified atom stereocenters. The van der Waals surface area contributed by atoms with E-state index in [2.05, 4.69) is 221 Å². The lowest BCUT2D eigenvalue weighted by Gasteiger charge is -2.35. The van der Waals surface area contributed by atoms with E-state index in [0.717, 1.165) is 0 Å². The van der Waals surface area contributed by atoms with Crippen LogP contribution in [0.15, 0.2) is 188 Å². The van der Waals surface area contributed by atoms with Crippen LogP contribution in [0, 0.1) is 13.8 Å². The second kappa shape index (κ2) is 12.6. The predicted octanol–water partition coefficient (Wildman–Crippen LogP) is 14.1. The van der Waals surface area contributed by atoms with E-state index in [0.29, 0.717) is 0 Å². The third kappa shape index (κ3) is 4.86. The minimum Gasteiger partial charge on any atom is -0.309 e. The highest BCUT2D eigenvalue weighted by Crippen LogP contribution is 2.60. The van der Waals surface area contributed by atoms with Gasteiger partial charge >= 0.3 is 0 Å². The average Bonchev–Trinajstić information content (AvgIpc) is 3.66. The van der Waals surface area contributed by atoms with Crippen LogP contribution in [0.4, 0.5) is 17.1 Å². The van der Waals surface area contributed by atoms with E-state index in [1.165, 1.54) is 95.0 Å². The summed E-state index contributed by atoms with van der Waals surface area (Å²) < 4.78 is 0. The molecule has 0 radical (unpaired) electrons. The lowest BCUT2D eigenvalue weighted by molar-refractivity contribution is 0.660. The summed E-state index contributed by atoms with van der Waals surface area (Å²) in [6.07, 6.45) is 0. The molecule has 0 saturated heterocycles. The van der Waals surface area contributed by atoms with Crippen LogP contribution in [0.2, 0.25) is 0 Å². The smallest absolute Gasteiger partial charge is 0.0714 e. The number of aryl methyl sites for hydroxylation is 2. The number of rotatable bonds is 6. The summed E-state index contributed by atoms with van der Waals surface area (Å²) in [7, 11) is 0. The van der Waals surface area contributed by atoms with E-state index in [1.54, 1.807) is 0 Å². The van der Waals surface area contributed by atoms with Crippen LogP contribution in [-0.4, -0.2) is 0 Å². The Hall–Kier alpha value is -6.44. The van der Waals surface area contributed by atoms with Crippen LogP contribution in [0.1, 0.15) is 58.4 Å². The second-order valence-electron chi connectivity index (χ2n) is 15.8. The first kappa shape index (κ1) is 33.2. The Morgan fingerprint density at radius 1 is 0.400 bits per heavy atom. The molecule has 8 aromatic carbocycles. The van der Waals surface area contributed by atoms with E-state index < -0.39 is 5.41 Å². The fraction of sp³-hybridized carbons (Fsp3) is 0.111. The molecule has 0 amide bonds. The van der Waals surface area contributed by atoms with Gasteiger partial charge in [-0.25, -0.2) is 0 Å². The van der Waals surface area contributed by atoms with Crippen molar-refractivity contribution in [2.45, 2.75) is 38.5 Å². The largest absolute Gasteiger partial charge is 0.309 e. The highest BCUT2D eigenvalue weighted by atomic mass is 15.2. The fourth-order valence-corrected chi connectivity index (χ4v) is 9.99. The molecule has 0 fully saturated rings. The Kier molecular flexibility index (Phi) is 7.58. The number of hydrogen-bond donors (Lipinski definition) is 0. The molecule has 0 bridgehead atoms. The van der Waals surface area contributed by atoms with Crippen molar-refractivity contribution >= 4 is 17.1 Å². The SMILES string of the molecule is Cc1cc(-c2ccccc2)cc(C)c1N(c1ccc2c(c1)C(C)(C)c1ccccc1-2)c1cccc2c1-c1ccccc1C2(c1ccccc1)c1ccccc1. The van der Waals surface area contributed by atoms with Crippen LogP contribution < -0.4 is 4.90 Å². The van der Waals surface area contributed by atoms with E-state index in [4.69, 9.17) is 0 Å². The highest BCUT2D eigenvalue weighted by molar-refractivity contribution is 5.99. The van der Waals surface area contributed by atoms with Gasteiger partial charge in [-0.05, 0) is 117 Å². The van der Waals surface area contributed by atoms with Gasteiger partial charge in [-0.1, -0.05) is 172 Å². The molecule has 0 saturated carbocycles. The maximum Gasteiger partial charge on any atom is 0.0714 e. The molecule has 1 nitrogen and oxygen atoms in total. The lowest BCUT2D eigenvalue weighted by Crippen LogP contribution is -2.28. The molecule has 0 heterocycles. The summed E-state index contributed by atoms with van der Waals surface area (Å²) in [6.45, 7) is 9.32. The number of nitrogens with zero attached hydrogens (tertiary/aromatic N) is 1. The zero-order chi connectivity index (χ0) is 37.3. The van der Waals surface area contributed by atoms with Gasteiger partial charge in [0, 0.05) is 16.7 Å². The van der Waals surface area contributed by atoms with Crippen LogP contribution in [-0.2, 0) is 10.8 Å². The standard InChI is InChI=1S/C54H43N/c1-36-33-39(38-19-8-5-9-20-38)34-37(2)52(36)55(42-31-32-44-43-25-14-16-27-46(43)53(3,4)49(44)35-42)50-30-18-29-48-51(50)45-26-15-17-28-47(45)54(48,40-21-10-6-11-22-40)41-23-12-7-13-24-41/h5-35H,1-4H3. The summed E-state index contributed by atoms with van der Waals surface area (Å²) >= 11 is 0. The Bertz CT molecular complexity index is 2680. The van der Waals surface area contributed by atoms with E-state index in [-0.39, 0.29) is 5.41 Å². The first-order valence-electron chi connectivity index (χ1n) is 19.4. The molecule has 55 heavy (non-hydrogen) atoms. The van der Waals surface area contributed by atoms with Crippen molar-refractivity contribution < 1.29 is 0 Å². The Labute approximate surface area is 325 Å². The van der Waals surface area contributed by atoms with Crippen molar-refractivity contribution in [3.05, 3.63) is 233 Å². The van der Waals surface area contributed by atoms with Crippen molar-refractivity contribution in [2.75, 3.05) is 4.90 Å². The third-order valence-corrected chi connectivity index (χ3v) is 12.3. The number of anilines is 3. The first-order valence-corrected chi connectivity index (χ1v) is 19.4. The van der Waals surface area contributed by atoms with Gasteiger partial charge in [-0.2, -0.15) is 0 Å². The van der Waals surface area contributed by atoms with Gasteiger partial charge in [-0.15, -0.1) is 0 Å². The molecule has 2 aliphatic rings. The number of fused-ring (bicyclic) bond motifs is 6. The molecule has 8 aromatic rings. The molecule has 2 aliphatic carbocycles. The summed E-state index contributed by atoms with van der Waals surface area (Å²) in [6, 6.07) is 69.9. The van der Waals surface area contributed by atoms with Gasteiger partial charge in [0.15, 0.2) is 0 Å². The van der Waals surface area contributed by atoms with Crippen LogP contribution in [0.5, 0.6) is 0 Å². The zero-order valence-electron chi connectivity index (χ0n) is 31.8. The fourth-order valence-electron chi connectivity index (χ4n) is 9.99. The van der Waals surface area contributed by atoms with Crippen LogP contribution in [0.3, 0.4) is 0 Å². The average molecular weight is 706 g/mol. The van der Waals surface area contributed by atoms with E-state index in [1.807, 2.05) is 0 Å². The minimum atomic E-state index is -0.487. The Morgan fingerprint density at radius 3 is 1.58 bits per heavy atom. The molecule has 0 atom stereocenters. The zero-order valence-corrected chi connectivity index (χ0v) is 31.8. The second-order valence-corrected chi connectivity index (χ2v) is 15.8. The Balaban J connectivity index is 1.28. The topological polar surface area (TPSA) is 3.24 Å². The molecular formula is C54H43N. The monoisotopic (exact) mass is 705 g/mol. The van der Waals surface area contributed by atoms with Crippen molar-refractivity contribution in [1.82, 2.24) is 0 Å². The van der Waals surface area contributed by atoms with Crippen LogP contribution in [0.25, 0.3) is 33.4 Å². The molecule has 264 valence electrons. The summed E-state index contributed by atoms with van der Waals surface area (Å²) in [4.78, 5) is 2.57. The quantitative estimate of drug-likeness (QED) is 0.166. The molecule has 0 aliphatic heterocycles. The van der Waals surface area contributed by atoms with Crippen molar-refractivity contribution in [2.24, 2.45) is 0 Å². The van der Waals surface area contributed by atoms with E-state index >= 15 is 0 Å². The molecule has 0 aromatic heterocycles. The number of hydrogen-bond acceptors (Lipinski definition) is 1. The lowest BCUT2D eigenvalue weighted by atomic mass is 9.68. The summed E-state index contributed by atoms with van der Waals surface area (Å²) in [5, 5.41) is 0. The van der Waals surface area contributed by atoms with Gasteiger partial charge in [0.1, 0.15) is 0 Å². The van der Waals surface area contributed by atoms with Gasteiger partial charge in [0.2, 0.25) is 0 Å². The van der Waals surface area contributed by atoms with Gasteiger partial charge in [0.25, 0.3) is 0 Å². The first-order chi connectivity index (χ1) is 26.9. The van der Waals surface area contributed by atoms with Crippen molar-refractivity contribution in [3.63, 3.8) is 0 Å². The molecule has 1 heteroatoms. The number of benzene rings is 8. The molecule has 0 N–H and O–H groups in total. The third-order valence-electron chi connectivity index (χ3n) is 12.3. The molecule has 0 spiro atoms. The highest BCUT2D eigenvalue weighted by Gasteiger charge is 2.47. The minimum absolute atomic E-state index is 0.129. The normalized spacial score (nSPS) is 14.1. The summed E-state index contributed by atoms with van der Waals surface area (Å²) in [5.74, 6) is 0. The maximum absolute atomic E-state index is 2.57. The van der Waals surface area contributed by atoms with Crippen LogP contribution >= 0.6 is 0 Å². The van der Waals surface area contributed by atoms with Crippen molar-refractivity contribution in [1.29, 1.82) is 0 Å². The molecule has 10 rings (SSSR count).